The van der Waals surface area contributed by atoms with Crippen LogP contribution in [0.3, 0.4) is 0 Å². The molecule has 2 aromatic rings. The van der Waals surface area contributed by atoms with E-state index < -0.39 is 0 Å². The number of benzene rings is 2. The predicted molar refractivity (Wildman–Crippen MR) is 118 cm³/mol. The number of anilines is 2. The highest BCUT2D eigenvalue weighted by Crippen LogP contribution is 2.26. The monoisotopic (exact) mass is 395 g/mol. The zero-order valence-corrected chi connectivity index (χ0v) is 17.6. The van der Waals surface area contributed by atoms with E-state index in [0.29, 0.717) is 12.2 Å². The summed E-state index contributed by atoms with van der Waals surface area (Å²) < 4.78 is 12.3. The quantitative estimate of drug-likeness (QED) is 0.786. The van der Waals surface area contributed by atoms with Crippen molar-refractivity contribution in [2.75, 3.05) is 45.6 Å². The molecule has 0 aromatic heterocycles. The number of hydrogen-bond acceptors (Lipinski definition) is 5. The van der Waals surface area contributed by atoms with E-state index in [1.54, 1.807) is 0 Å². The van der Waals surface area contributed by atoms with Crippen molar-refractivity contribution in [2.24, 2.45) is 0 Å². The highest BCUT2D eigenvalue weighted by Gasteiger charge is 2.19. The lowest BCUT2D eigenvalue weighted by Gasteiger charge is -2.29. The van der Waals surface area contributed by atoms with Gasteiger partial charge in [-0.3, -0.25) is 0 Å². The Kier molecular flexibility index (Phi) is 6.57. The molecule has 0 bridgehead atoms. The highest BCUT2D eigenvalue weighted by molar-refractivity contribution is 5.61. The van der Waals surface area contributed by atoms with Crippen LogP contribution in [0.15, 0.2) is 48.5 Å². The van der Waals surface area contributed by atoms with Crippen molar-refractivity contribution in [1.29, 1.82) is 0 Å². The minimum absolute atomic E-state index is 0.317. The Bertz CT molecular complexity index is 764. The molecule has 0 unspecified atom stereocenters. The molecule has 0 spiro atoms. The minimum atomic E-state index is 0.317. The summed E-state index contributed by atoms with van der Waals surface area (Å²) in [5, 5.41) is 3.47. The molecule has 0 aliphatic carbocycles. The molecule has 2 aliphatic rings. The smallest absolute Gasteiger partial charge is 0.121 e. The summed E-state index contributed by atoms with van der Waals surface area (Å²) in [4.78, 5) is 4.72. The van der Waals surface area contributed by atoms with Gasteiger partial charge < -0.3 is 24.6 Å². The molecule has 2 heterocycles. The predicted octanol–water partition coefficient (Wildman–Crippen LogP) is 4.38. The van der Waals surface area contributed by atoms with Crippen LogP contribution < -0.4 is 14.8 Å². The average Bonchev–Trinajstić information content (AvgIpc) is 2.73. The van der Waals surface area contributed by atoms with Crippen LogP contribution in [-0.4, -0.2) is 62.3 Å². The van der Waals surface area contributed by atoms with Crippen LogP contribution in [0.2, 0.25) is 0 Å². The minimum Gasteiger partial charge on any atom is -0.490 e. The van der Waals surface area contributed by atoms with Crippen molar-refractivity contribution in [3.05, 3.63) is 48.5 Å². The first-order chi connectivity index (χ1) is 14.1. The molecule has 0 amide bonds. The van der Waals surface area contributed by atoms with Gasteiger partial charge in [-0.2, -0.15) is 0 Å². The van der Waals surface area contributed by atoms with Gasteiger partial charge in [-0.05, 0) is 76.2 Å². The van der Waals surface area contributed by atoms with Gasteiger partial charge in [-0.25, -0.2) is 0 Å². The van der Waals surface area contributed by atoms with E-state index in [1.807, 2.05) is 12.1 Å². The molecule has 1 N–H and O–H groups in total. The molecule has 0 atom stereocenters. The third-order valence-corrected chi connectivity index (χ3v) is 5.91. The van der Waals surface area contributed by atoms with Gasteiger partial charge in [0.05, 0.1) is 0 Å². The van der Waals surface area contributed by atoms with Gasteiger partial charge in [-0.15, -0.1) is 0 Å². The Morgan fingerprint density at radius 1 is 0.690 bits per heavy atom. The van der Waals surface area contributed by atoms with Crippen LogP contribution in [0.1, 0.15) is 25.7 Å². The van der Waals surface area contributed by atoms with Gasteiger partial charge in [0.15, 0.2) is 0 Å². The van der Waals surface area contributed by atoms with E-state index >= 15 is 0 Å². The number of nitrogens with zero attached hydrogens (tertiary/aromatic N) is 2. The summed E-state index contributed by atoms with van der Waals surface area (Å²) in [5.41, 5.74) is 2.09. The average molecular weight is 396 g/mol. The lowest BCUT2D eigenvalue weighted by atomic mass is 10.1. The van der Waals surface area contributed by atoms with Gasteiger partial charge in [-0.1, -0.05) is 6.07 Å². The fraction of sp³-hybridized carbons (Fsp3) is 0.500. The molecule has 2 saturated heterocycles. The summed E-state index contributed by atoms with van der Waals surface area (Å²) in [7, 11) is 4.34. The second kappa shape index (κ2) is 9.51. The van der Waals surface area contributed by atoms with Crippen molar-refractivity contribution >= 4 is 11.4 Å². The Morgan fingerprint density at radius 3 is 1.83 bits per heavy atom. The topological polar surface area (TPSA) is 37.0 Å². The number of likely N-dealkylation sites (tertiary alicyclic amines) is 2. The highest BCUT2D eigenvalue weighted by atomic mass is 16.5. The molecule has 0 saturated carbocycles. The second-order valence-electron chi connectivity index (χ2n) is 8.42. The van der Waals surface area contributed by atoms with Crippen LogP contribution in [0, 0.1) is 0 Å². The molecule has 5 heteroatoms. The lowest BCUT2D eigenvalue weighted by Crippen LogP contribution is -2.35. The molecular formula is C24H33N3O2. The van der Waals surface area contributed by atoms with E-state index in [-0.39, 0.29) is 0 Å². The van der Waals surface area contributed by atoms with E-state index in [2.05, 4.69) is 65.6 Å². The maximum absolute atomic E-state index is 6.20. The summed E-state index contributed by atoms with van der Waals surface area (Å²) in [6.45, 7) is 4.43. The van der Waals surface area contributed by atoms with Gasteiger partial charge in [0, 0.05) is 43.6 Å². The maximum atomic E-state index is 6.20. The van der Waals surface area contributed by atoms with Crippen LogP contribution >= 0.6 is 0 Å². The summed E-state index contributed by atoms with van der Waals surface area (Å²) in [5.74, 6) is 1.89. The number of hydrogen-bond donors (Lipinski definition) is 1. The van der Waals surface area contributed by atoms with Crippen molar-refractivity contribution in [3.63, 3.8) is 0 Å². The number of ether oxygens (including phenoxy) is 2. The molecule has 5 nitrogen and oxygen atoms in total. The van der Waals surface area contributed by atoms with E-state index in [9.17, 15) is 0 Å². The van der Waals surface area contributed by atoms with Crippen LogP contribution in [0.5, 0.6) is 11.5 Å². The molecule has 2 aromatic carbocycles. The third-order valence-electron chi connectivity index (χ3n) is 5.91. The van der Waals surface area contributed by atoms with Crippen LogP contribution in [0.4, 0.5) is 11.4 Å². The van der Waals surface area contributed by atoms with Crippen molar-refractivity contribution in [3.8, 4) is 11.5 Å². The first kappa shape index (κ1) is 20.0. The Balaban J connectivity index is 1.31. The van der Waals surface area contributed by atoms with Crippen LogP contribution in [-0.2, 0) is 0 Å². The molecular weight excluding hydrogens is 362 g/mol. The van der Waals surface area contributed by atoms with E-state index in [4.69, 9.17) is 9.47 Å². The Labute approximate surface area is 174 Å². The van der Waals surface area contributed by atoms with Crippen molar-refractivity contribution < 1.29 is 9.47 Å². The van der Waals surface area contributed by atoms with E-state index in [0.717, 1.165) is 74.7 Å². The van der Waals surface area contributed by atoms with Crippen molar-refractivity contribution in [1.82, 2.24) is 9.80 Å². The standard InChI is InChI=1S/C24H33N3O2/c1-26-14-10-22(11-15-26)28-21-8-6-19(7-9-21)25-20-4-3-5-24(18-20)29-23-12-16-27(2)17-13-23/h3-9,18,22-23,25H,10-17H2,1-2H3. The molecule has 156 valence electrons. The first-order valence-corrected chi connectivity index (χ1v) is 10.8. The number of nitrogens with one attached hydrogen (secondary N) is 1. The Morgan fingerprint density at radius 2 is 1.24 bits per heavy atom. The maximum Gasteiger partial charge on any atom is 0.121 e. The number of rotatable bonds is 6. The number of piperidine rings is 2. The van der Waals surface area contributed by atoms with Gasteiger partial charge >= 0.3 is 0 Å². The summed E-state index contributed by atoms with van der Waals surface area (Å²) in [6.07, 6.45) is 5.02. The second-order valence-corrected chi connectivity index (χ2v) is 8.42. The largest absolute Gasteiger partial charge is 0.490 e. The SMILES string of the molecule is CN1CCC(Oc2ccc(Nc3cccc(OC4CCN(C)CC4)c3)cc2)CC1. The van der Waals surface area contributed by atoms with E-state index in [1.165, 1.54) is 0 Å². The van der Waals surface area contributed by atoms with Gasteiger partial charge in [0.1, 0.15) is 23.7 Å². The van der Waals surface area contributed by atoms with Crippen LogP contribution in [0.25, 0.3) is 0 Å². The fourth-order valence-electron chi connectivity index (χ4n) is 4.02. The molecule has 2 aliphatic heterocycles. The summed E-state index contributed by atoms with van der Waals surface area (Å²) >= 11 is 0. The lowest BCUT2D eigenvalue weighted by molar-refractivity contribution is 0.114. The first-order valence-electron chi connectivity index (χ1n) is 10.8. The van der Waals surface area contributed by atoms with Gasteiger partial charge in [0.2, 0.25) is 0 Å². The summed E-state index contributed by atoms with van der Waals surface area (Å²) in [6, 6.07) is 16.5. The Hall–Kier alpha value is -2.24. The van der Waals surface area contributed by atoms with Crippen molar-refractivity contribution in [2.45, 2.75) is 37.9 Å². The van der Waals surface area contributed by atoms with Gasteiger partial charge in [0.25, 0.3) is 0 Å². The zero-order chi connectivity index (χ0) is 20.1. The molecule has 29 heavy (non-hydrogen) atoms. The fourth-order valence-corrected chi connectivity index (χ4v) is 4.02. The normalized spacial score (nSPS) is 19.8. The third kappa shape index (κ3) is 5.87. The molecule has 0 radical (unpaired) electrons. The molecule has 2 fully saturated rings. The zero-order valence-electron chi connectivity index (χ0n) is 17.6. The molecule has 4 rings (SSSR count).